The predicted molar refractivity (Wildman–Crippen MR) is 77.7 cm³/mol. The molecule has 1 aliphatic carbocycles. The zero-order chi connectivity index (χ0) is 15.4. The molecule has 0 bridgehead atoms. The van der Waals surface area contributed by atoms with Crippen LogP contribution in [0.3, 0.4) is 0 Å². The molecule has 1 fully saturated rings. The summed E-state index contributed by atoms with van der Waals surface area (Å²) in [5.41, 5.74) is 1.10. The lowest BCUT2D eigenvalue weighted by Crippen LogP contribution is -2.40. The number of aliphatic carboxylic acids is 1. The van der Waals surface area contributed by atoms with Gasteiger partial charge in [0.15, 0.2) is 0 Å². The average molecular weight is 286 g/mol. The van der Waals surface area contributed by atoms with Crippen LogP contribution in [0.15, 0.2) is 24.3 Å². The van der Waals surface area contributed by atoms with Gasteiger partial charge < -0.3 is 10.0 Å². The molecular formula is C16H18N2O3. The van der Waals surface area contributed by atoms with E-state index in [-0.39, 0.29) is 5.91 Å². The Morgan fingerprint density at radius 1 is 1.29 bits per heavy atom. The average Bonchev–Trinajstić information content (AvgIpc) is 2.53. The Morgan fingerprint density at radius 2 is 1.95 bits per heavy atom. The zero-order valence-corrected chi connectivity index (χ0v) is 12.0. The first-order valence-corrected chi connectivity index (χ1v) is 7.05. The molecule has 0 saturated heterocycles. The van der Waals surface area contributed by atoms with E-state index >= 15 is 0 Å². The van der Waals surface area contributed by atoms with Crippen molar-refractivity contribution in [2.45, 2.75) is 25.7 Å². The van der Waals surface area contributed by atoms with E-state index in [9.17, 15) is 14.7 Å². The van der Waals surface area contributed by atoms with Crippen LogP contribution in [0.2, 0.25) is 0 Å². The number of rotatable bonds is 3. The van der Waals surface area contributed by atoms with Gasteiger partial charge in [-0.3, -0.25) is 9.59 Å². The van der Waals surface area contributed by atoms with Gasteiger partial charge in [-0.15, -0.1) is 0 Å². The van der Waals surface area contributed by atoms with Gasteiger partial charge in [-0.2, -0.15) is 5.26 Å². The highest BCUT2D eigenvalue weighted by Crippen LogP contribution is 2.32. The smallest absolute Gasteiger partial charge is 0.307 e. The van der Waals surface area contributed by atoms with Crippen molar-refractivity contribution in [1.82, 2.24) is 0 Å². The minimum atomic E-state index is -0.896. The second-order valence-corrected chi connectivity index (χ2v) is 5.40. The summed E-state index contributed by atoms with van der Waals surface area (Å²) in [7, 11) is 1.63. The third kappa shape index (κ3) is 3.22. The van der Waals surface area contributed by atoms with Crippen molar-refractivity contribution in [1.29, 1.82) is 5.26 Å². The van der Waals surface area contributed by atoms with Gasteiger partial charge in [0.2, 0.25) is 5.91 Å². The number of carbonyl (C=O) groups excluding carboxylic acids is 1. The topological polar surface area (TPSA) is 81.4 Å². The van der Waals surface area contributed by atoms with E-state index in [1.165, 1.54) is 4.90 Å². The third-order valence-corrected chi connectivity index (χ3v) is 4.09. The molecule has 2 rings (SSSR count). The monoisotopic (exact) mass is 286 g/mol. The Kier molecular flexibility index (Phi) is 4.59. The second-order valence-electron chi connectivity index (χ2n) is 5.40. The van der Waals surface area contributed by atoms with Crippen LogP contribution in [-0.2, 0) is 9.59 Å². The molecule has 0 heterocycles. The molecule has 1 aromatic carbocycles. The van der Waals surface area contributed by atoms with Crippen molar-refractivity contribution in [3.8, 4) is 6.07 Å². The number of carboxylic acids is 1. The van der Waals surface area contributed by atoms with Gasteiger partial charge in [0.25, 0.3) is 0 Å². The zero-order valence-electron chi connectivity index (χ0n) is 12.0. The number of benzene rings is 1. The third-order valence-electron chi connectivity index (χ3n) is 4.09. The van der Waals surface area contributed by atoms with Gasteiger partial charge in [-0.1, -0.05) is 18.9 Å². The van der Waals surface area contributed by atoms with Gasteiger partial charge >= 0.3 is 5.97 Å². The highest BCUT2D eigenvalue weighted by Gasteiger charge is 2.37. The molecule has 1 aliphatic rings. The van der Waals surface area contributed by atoms with Crippen molar-refractivity contribution in [3.05, 3.63) is 29.8 Å². The lowest BCUT2D eigenvalue weighted by atomic mass is 9.78. The molecule has 1 N–H and O–H groups in total. The molecule has 0 aliphatic heterocycles. The maximum atomic E-state index is 12.6. The van der Waals surface area contributed by atoms with Crippen LogP contribution in [0.25, 0.3) is 0 Å². The minimum absolute atomic E-state index is 0.183. The van der Waals surface area contributed by atoms with E-state index in [1.807, 2.05) is 6.07 Å². The summed E-state index contributed by atoms with van der Waals surface area (Å²) in [6.07, 6.45) is 2.90. The van der Waals surface area contributed by atoms with Gasteiger partial charge in [0.05, 0.1) is 23.5 Å². The summed E-state index contributed by atoms with van der Waals surface area (Å²) in [6, 6.07) is 8.80. The number of nitrogens with zero attached hydrogens (tertiary/aromatic N) is 2. The van der Waals surface area contributed by atoms with E-state index in [0.717, 1.165) is 12.8 Å². The molecule has 2 atom stereocenters. The standard InChI is InChI=1S/C16H18N2O3/c1-18(12-6-4-5-11(9-12)10-17)15(19)13-7-2-3-8-14(13)16(20)21/h4-6,9,13-14H,2-3,7-8H2,1H3,(H,20,21). The number of amides is 1. The molecule has 1 saturated carbocycles. The Hall–Kier alpha value is -2.35. The molecular weight excluding hydrogens is 268 g/mol. The highest BCUT2D eigenvalue weighted by atomic mass is 16.4. The number of hydrogen-bond acceptors (Lipinski definition) is 3. The first-order valence-electron chi connectivity index (χ1n) is 7.05. The van der Waals surface area contributed by atoms with Crippen molar-refractivity contribution in [2.75, 3.05) is 11.9 Å². The van der Waals surface area contributed by atoms with E-state index in [2.05, 4.69) is 0 Å². The quantitative estimate of drug-likeness (QED) is 0.925. The van der Waals surface area contributed by atoms with Crippen molar-refractivity contribution >= 4 is 17.6 Å². The van der Waals surface area contributed by atoms with Gasteiger partial charge in [-0.25, -0.2) is 0 Å². The fraction of sp³-hybridized carbons (Fsp3) is 0.438. The number of nitriles is 1. The van der Waals surface area contributed by atoms with Gasteiger partial charge in [-0.05, 0) is 31.0 Å². The summed E-state index contributed by atoms with van der Waals surface area (Å²) < 4.78 is 0. The van der Waals surface area contributed by atoms with Crippen molar-refractivity contribution in [2.24, 2.45) is 11.8 Å². The molecule has 5 nitrogen and oxygen atoms in total. The maximum Gasteiger partial charge on any atom is 0.307 e. The minimum Gasteiger partial charge on any atom is -0.481 e. The number of carbonyl (C=O) groups is 2. The van der Waals surface area contributed by atoms with Crippen LogP contribution in [0.4, 0.5) is 5.69 Å². The lowest BCUT2D eigenvalue weighted by molar-refractivity contribution is -0.148. The fourth-order valence-electron chi connectivity index (χ4n) is 2.88. The van der Waals surface area contributed by atoms with Crippen LogP contribution in [0.5, 0.6) is 0 Å². The SMILES string of the molecule is CN(C(=O)C1CCCCC1C(=O)O)c1cccc(C#N)c1. The van der Waals surface area contributed by atoms with E-state index in [4.69, 9.17) is 5.26 Å². The largest absolute Gasteiger partial charge is 0.481 e. The summed E-state index contributed by atoms with van der Waals surface area (Å²) in [6.45, 7) is 0. The lowest BCUT2D eigenvalue weighted by Gasteiger charge is -2.31. The van der Waals surface area contributed by atoms with Crippen LogP contribution >= 0.6 is 0 Å². The van der Waals surface area contributed by atoms with E-state index < -0.39 is 17.8 Å². The first kappa shape index (κ1) is 15.0. The molecule has 0 radical (unpaired) electrons. The van der Waals surface area contributed by atoms with E-state index in [1.54, 1.807) is 31.3 Å². The summed E-state index contributed by atoms with van der Waals surface area (Å²) in [5.74, 6) is -2.16. The van der Waals surface area contributed by atoms with Crippen LogP contribution in [0.1, 0.15) is 31.2 Å². The Balaban J connectivity index is 2.21. The molecule has 2 unspecified atom stereocenters. The summed E-state index contributed by atoms with van der Waals surface area (Å²) in [5, 5.41) is 18.2. The molecule has 0 spiro atoms. The second kappa shape index (κ2) is 6.40. The van der Waals surface area contributed by atoms with Crippen LogP contribution < -0.4 is 4.90 Å². The Labute approximate surface area is 123 Å². The molecule has 110 valence electrons. The molecule has 5 heteroatoms. The normalized spacial score (nSPS) is 21.3. The Morgan fingerprint density at radius 3 is 2.57 bits per heavy atom. The first-order chi connectivity index (χ1) is 10.0. The van der Waals surface area contributed by atoms with Crippen LogP contribution in [0, 0.1) is 23.2 Å². The van der Waals surface area contributed by atoms with Crippen molar-refractivity contribution in [3.63, 3.8) is 0 Å². The number of anilines is 1. The number of hydrogen-bond donors (Lipinski definition) is 1. The maximum absolute atomic E-state index is 12.6. The fourth-order valence-corrected chi connectivity index (χ4v) is 2.88. The van der Waals surface area contributed by atoms with Crippen molar-refractivity contribution < 1.29 is 14.7 Å². The van der Waals surface area contributed by atoms with Crippen LogP contribution in [-0.4, -0.2) is 24.0 Å². The Bertz CT molecular complexity index is 591. The van der Waals surface area contributed by atoms with E-state index in [0.29, 0.717) is 24.1 Å². The molecule has 1 amide bonds. The van der Waals surface area contributed by atoms with Gasteiger partial charge in [0, 0.05) is 12.7 Å². The molecule has 1 aromatic rings. The summed E-state index contributed by atoms with van der Waals surface area (Å²) in [4.78, 5) is 25.4. The summed E-state index contributed by atoms with van der Waals surface area (Å²) >= 11 is 0. The van der Waals surface area contributed by atoms with Gasteiger partial charge in [0.1, 0.15) is 0 Å². The number of carboxylic acid groups (broad SMARTS) is 1. The highest BCUT2D eigenvalue weighted by molar-refractivity contribution is 5.97. The molecule has 21 heavy (non-hydrogen) atoms. The predicted octanol–water partition coefficient (Wildman–Crippen LogP) is 2.41. The molecule has 0 aromatic heterocycles.